The molecule has 1 aromatic rings. The number of benzene rings is 1. The minimum atomic E-state index is 0.173. The van der Waals surface area contributed by atoms with Crippen LogP contribution in [-0.2, 0) is 4.79 Å². The topological polar surface area (TPSA) is 20.3 Å². The van der Waals surface area contributed by atoms with Gasteiger partial charge >= 0.3 is 0 Å². The van der Waals surface area contributed by atoms with Crippen LogP contribution >= 0.6 is 0 Å². The average molecular weight is 275 g/mol. The molecule has 0 aliphatic rings. The number of amides is 1. The maximum absolute atomic E-state index is 12.8. The lowest BCUT2D eigenvalue weighted by Gasteiger charge is -2.27. The van der Waals surface area contributed by atoms with Crippen LogP contribution in [0.5, 0.6) is 0 Å². The van der Waals surface area contributed by atoms with Crippen molar-refractivity contribution < 1.29 is 4.79 Å². The lowest BCUT2D eigenvalue weighted by Crippen LogP contribution is -2.37. The van der Waals surface area contributed by atoms with Crippen LogP contribution in [0.3, 0.4) is 0 Å². The molecule has 1 atom stereocenters. The largest absolute Gasteiger partial charge is 0.312 e. The maximum Gasteiger partial charge on any atom is 0.230 e. The molecule has 2 nitrogen and oxygen atoms in total. The van der Waals surface area contributed by atoms with Crippen molar-refractivity contribution in [3.05, 3.63) is 30.3 Å². The number of hydrogen-bond acceptors (Lipinski definition) is 1. The van der Waals surface area contributed by atoms with E-state index in [0.29, 0.717) is 5.91 Å². The zero-order valence-electron chi connectivity index (χ0n) is 13.3. The van der Waals surface area contributed by atoms with Crippen LogP contribution in [-0.4, -0.2) is 12.5 Å². The quantitative estimate of drug-likeness (QED) is 0.618. The number of para-hydroxylation sites is 1. The summed E-state index contributed by atoms with van der Waals surface area (Å²) in [6, 6.07) is 10.1. The Balaban J connectivity index is 2.83. The lowest BCUT2D eigenvalue weighted by molar-refractivity contribution is -0.122. The van der Waals surface area contributed by atoms with E-state index >= 15 is 0 Å². The molecule has 0 N–H and O–H groups in total. The standard InChI is InChI=1S/C18H29NO/c1-4-7-12-16(6-3)18(20)19(15-8-5-2)17-13-10-9-11-14-17/h9-11,13-14,16H,4-8,12,15H2,1-3H3. The van der Waals surface area contributed by atoms with Crippen LogP contribution in [0, 0.1) is 5.92 Å². The summed E-state index contributed by atoms with van der Waals surface area (Å²) in [4.78, 5) is 14.8. The predicted octanol–water partition coefficient (Wildman–Crippen LogP) is 5.04. The van der Waals surface area contributed by atoms with Crippen LogP contribution in [0.2, 0.25) is 0 Å². The Morgan fingerprint density at radius 3 is 2.25 bits per heavy atom. The maximum atomic E-state index is 12.8. The van der Waals surface area contributed by atoms with Crippen LogP contribution in [0.25, 0.3) is 0 Å². The van der Waals surface area contributed by atoms with Crippen LogP contribution in [0.1, 0.15) is 59.3 Å². The molecular weight excluding hydrogens is 246 g/mol. The number of carbonyl (C=O) groups is 1. The van der Waals surface area contributed by atoms with Gasteiger partial charge in [0.1, 0.15) is 0 Å². The second-order valence-electron chi connectivity index (χ2n) is 5.43. The molecule has 112 valence electrons. The Morgan fingerprint density at radius 2 is 1.70 bits per heavy atom. The van der Waals surface area contributed by atoms with Gasteiger partial charge in [-0.2, -0.15) is 0 Å². The van der Waals surface area contributed by atoms with Gasteiger partial charge in [0.25, 0.3) is 0 Å². The van der Waals surface area contributed by atoms with E-state index in [0.717, 1.165) is 50.8 Å². The highest BCUT2D eigenvalue weighted by molar-refractivity contribution is 5.94. The third-order valence-electron chi connectivity index (χ3n) is 3.82. The second-order valence-corrected chi connectivity index (χ2v) is 5.43. The number of hydrogen-bond donors (Lipinski definition) is 0. The number of rotatable bonds is 9. The number of nitrogens with zero attached hydrogens (tertiary/aromatic N) is 1. The molecule has 0 bridgehead atoms. The van der Waals surface area contributed by atoms with Crippen LogP contribution < -0.4 is 4.90 Å². The Morgan fingerprint density at radius 1 is 1.05 bits per heavy atom. The van der Waals surface area contributed by atoms with E-state index in [1.807, 2.05) is 35.2 Å². The smallest absolute Gasteiger partial charge is 0.230 e. The third-order valence-corrected chi connectivity index (χ3v) is 3.82. The van der Waals surface area contributed by atoms with Gasteiger partial charge in [-0.15, -0.1) is 0 Å². The van der Waals surface area contributed by atoms with Crippen molar-refractivity contribution in [2.24, 2.45) is 5.92 Å². The van der Waals surface area contributed by atoms with E-state index in [2.05, 4.69) is 20.8 Å². The number of carbonyl (C=O) groups excluding carboxylic acids is 1. The highest BCUT2D eigenvalue weighted by Gasteiger charge is 2.23. The summed E-state index contributed by atoms with van der Waals surface area (Å²) in [6.45, 7) is 7.31. The van der Waals surface area contributed by atoms with E-state index in [1.54, 1.807) is 0 Å². The fraction of sp³-hybridized carbons (Fsp3) is 0.611. The number of anilines is 1. The molecular formula is C18H29NO. The zero-order chi connectivity index (χ0) is 14.8. The van der Waals surface area contributed by atoms with Crippen LogP contribution in [0.4, 0.5) is 5.69 Å². The molecule has 0 fully saturated rings. The highest BCUT2D eigenvalue weighted by Crippen LogP contribution is 2.22. The molecule has 0 saturated carbocycles. The minimum Gasteiger partial charge on any atom is -0.312 e. The van der Waals surface area contributed by atoms with E-state index in [9.17, 15) is 4.79 Å². The zero-order valence-corrected chi connectivity index (χ0v) is 13.3. The van der Waals surface area contributed by atoms with E-state index in [4.69, 9.17) is 0 Å². The summed E-state index contributed by atoms with van der Waals surface area (Å²) in [5, 5.41) is 0. The lowest BCUT2D eigenvalue weighted by atomic mass is 9.97. The fourth-order valence-electron chi connectivity index (χ4n) is 2.46. The first kappa shape index (κ1) is 16.7. The third kappa shape index (κ3) is 4.99. The van der Waals surface area contributed by atoms with Gasteiger partial charge < -0.3 is 4.90 Å². The molecule has 0 heterocycles. The molecule has 0 radical (unpaired) electrons. The van der Waals surface area contributed by atoms with E-state index < -0.39 is 0 Å². The van der Waals surface area contributed by atoms with Gasteiger partial charge in [0.15, 0.2) is 0 Å². The molecule has 2 heteroatoms. The molecule has 0 aliphatic carbocycles. The van der Waals surface area contributed by atoms with Crippen molar-refractivity contribution in [3.8, 4) is 0 Å². The Kier molecular flexibility index (Phi) is 8.01. The van der Waals surface area contributed by atoms with Crippen molar-refractivity contribution in [3.63, 3.8) is 0 Å². The molecule has 0 aromatic heterocycles. The van der Waals surface area contributed by atoms with Crippen molar-refractivity contribution in [1.29, 1.82) is 0 Å². The Bertz CT molecular complexity index is 374. The normalized spacial score (nSPS) is 12.2. The molecule has 0 spiro atoms. The van der Waals surface area contributed by atoms with Gasteiger partial charge in [-0.05, 0) is 31.4 Å². The second kappa shape index (κ2) is 9.57. The summed E-state index contributed by atoms with van der Waals surface area (Å²) in [7, 11) is 0. The number of unbranched alkanes of at least 4 members (excludes halogenated alkanes) is 2. The van der Waals surface area contributed by atoms with Gasteiger partial charge in [-0.25, -0.2) is 0 Å². The summed E-state index contributed by atoms with van der Waals surface area (Å²) in [5.41, 5.74) is 1.04. The fourth-order valence-corrected chi connectivity index (χ4v) is 2.46. The van der Waals surface area contributed by atoms with Crippen molar-refractivity contribution in [2.75, 3.05) is 11.4 Å². The van der Waals surface area contributed by atoms with Crippen molar-refractivity contribution in [1.82, 2.24) is 0 Å². The molecule has 1 amide bonds. The molecule has 1 aromatic carbocycles. The van der Waals surface area contributed by atoms with Gasteiger partial charge in [0.05, 0.1) is 0 Å². The predicted molar refractivity (Wildman–Crippen MR) is 87.0 cm³/mol. The van der Waals surface area contributed by atoms with Gasteiger partial charge in [0, 0.05) is 18.2 Å². The van der Waals surface area contributed by atoms with E-state index in [1.165, 1.54) is 0 Å². The van der Waals surface area contributed by atoms with Crippen molar-refractivity contribution in [2.45, 2.75) is 59.3 Å². The summed E-state index contributed by atoms with van der Waals surface area (Å²) in [6.07, 6.45) is 6.42. The first-order valence-electron chi connectivity index (χ1n) is 8.10. The highest BCUT2D eigenvalue weighted by atomic mass is 16.2. The van der Waals surface area contributed by atoms with Crippen molar-refractivity contribution >= 4 is 11.6 Å². The SMILES string of the molecule is CCCCC(CC)C(=O)N(CCCC)c1ccccc1. The molecule has 1 unspecified atom stereocenters. The first-order chi connectivity index (χ1) is 9.74. The van der Waals surface area contributed by atoms with Gasteiger partial charge in [0.2, 0.25) is 5.91 Å². The van der Waals surface area contributed by atoms with E-state index in [-0.39, 0.29) is 5.92 Å². The Labute approximate surface area is 124 Å². The molecule has 20 heavy (non-hydrogen) atoms. The summed E-state index contributed by atoms with van der Waals surface area (Å²) < 4.78 is 0. The van der Waals surface area contributed by atoms with Gasteiger partial charge in [-0.1, -0.05) is 58.2 Å². The van der Waals surface area contributed by atoms with Crippen LogP contribution in [0.15, 0.2) is 30.3 Å². The first-order valence-corrected chi connectivity index (χ1v) is 8.10. The molecule has 1 rings (SSSR count). The monoisotopic (exact) mass is 275 g/mol. The minimum absolute atomic E-state index is 0.173. The average Bonchev–Trinajstić information content (AvgIpc) is 2.49. The van der Waals surface area contributed by atoms with Gasteiger partial charge in [-0.3, -0.25) is 4.79 Å². The Hall–Kier alpha value is -1.31. The summed E-state index contributed by atoms with van der Waals surface area (Å²) in [5.74, 6) is 0.479. The molecule has 0 aliphatic heterocycles. The summed E-state index contributed by atoms with van der Waals surface area (Å²) >= 11 is 0. The molecule has 0 saturated heterocycles.